The lowest BCUT2D eigenvalue weighted by Gasteiger charge is -2.07. The van der Waals surface area contributed by atoms with E-state index in [-0.39, 0.29) is 5.91 Å². The zero-order chi connectivity index (χ0) is 13.7. The summed E-state index contributed by atoms with van der Waals surface area (Å²) in [5.41, 5.74) is 6.27. The summed E-state index contributed by atoms with van der Waals surface area (Å²) in [7, 11) is 0. The Hall–Kier alpha value is -1.53. The van der Waals surface area contributed by atoms with Crippen LogP contribution in [0.5, 0.6) is 5.75 Å². The van der Waals surface area contributed by atoms with Gasteiger partial charge in [0.05, 0.1) is 15.2 Å². The standard InChI is InChI=1S/C13H13BrN2O2S/c14-12-6-5-11(19-12)13(17)16-7-8-18-10-3-1-9(15)2-4-10/h1-6H,7-8,15H2,(H,16,17). The highest BCUT2D eigenvalue weighted by molar-refractivity contribution is 9.11. The van der Waals surface area contributed by atoms with E-state index in [0.717, 1.165) is 9.54 Å². The first-order valence-electron chi connectivity index (χ1n) is 5.67. The average Bonchev–Trinajstić information content (AvgIpc) is 2.83. The largest absolute Gasteiger partial charge is 0.492 e. The van der Waals surface area contributed by atoms with Crippen molar-refractivity contribution >= 4 is 38.9 Å². The second kappa shape index (κ2) is 6.58. The van der Waals surface area contributed by atoms with Crippen LogP contribution in [0.2, 0.25) is 0 Å². The van der Waals surface area contributed by atoms with Crippen LogP contribution >= 0.6 is 27.3 Å². The number of benzene rings is 1. The molecule has 0 unspecified atom stereocenters. The summed E-state index contributed by atoms with van der Waals surface area (Å²) in [5, 5.41) is 2.79. The fourth-order valence-corrected chi connectivity index (χ4v) is 2.72. The lowest BCUT2D eigenvalue weighted by Crippen LogP contribution is -2.27. The predicted molar refractivity (Wildman–Crippen MR) is 80.7 cm³/mol. The van der Waals surface area contributed by atoms with Crippen molar-refractivity contribution in [3.63, 3.8) is 0 Å². The smallest absolute Gasteiger partial charge is 0.261 e. The van der Waals surface area contributed by atoms with Gasteiger partial charge in [0.2, 0.25) is 0 Å². The maximum atomic E-state index is 11.7. The molecule has 19 heavy (non-hydrogen) atoms. The van der Waals surface area contributed by atoms with Gasteiger partial charge in [-0.3, -0.25) is 4.79 Å². The Bertz CT molecular complexity index is 554. The second-order valence-electron chi connectivity index (χ2n) is 3.78. The van der Waals surface area contributed by atoms with Crippen molar-refractivity contribution in [3.8, 4) is 5.75 Å². The first kappa shape index (κ1) is 13.9. The number of nitrogens with two attached hydrogens (primary N) is 1. The molecular formula is C13H13BrN2O2S. The molecule has 0 radical (unpaired) electrons. The number of halogens is 1. The van der Waals surface area contributed by atoms with Crippen molar-refractivity contribution in [1.29, 1.82) is 0 Å². The van der Waals surface area contributed by atoms with Crippen LogP contribution in [0.1, 0.15) is 9.67 Å². The van der Waals surface area contributed by atoms with E-state index in [1.54, 1.807) is 30.3 Å². The molecule has 1 aromatic carbocycles. The van der Waals surface area contributed by atoms with Crippen molar-refractivity contribution in [2.24, 2.45) is 0 Å². The van der Waals surface area contributed by atoms with Crippen molar-refractivity contribution in [2.45, 2.75) is 0 Å². The summed E-state index contributed by atoms with van der Waals surface area (Å²) in [6, 6.07) is 10.8. The Morgan fingerprint density at radius 3 is 2.63 bits per heavy atom. The molecular weight excluding hydrogens is 328 g/mol. The summed E-state index contributed by atoms with van der Waals surface area (Å²) in [6.45, 7) is 0.876. The molecule has 0 spiro atoms. The highest BCUT2D eigenvalue weighted by atomic mass is 79.9. The van der Waals surface area contributed by atoms with Gasteiger partial charge in [0, 0.05) is 5.69 Å². The van der Waals surface area contributed by atoms with Crippen LogP contribution in [0.3, 0.4) is 0 Å². The highest BCUT2D eigenvalue weighted by Crippen LogP contribution is 2.21. The fourth-order valence-electron chi connectivity index (χ4n) is 1.42. The van der Waals surface area contributed by atoms with Gasteiger partial charge in [-0.15, -0.1) is 11.3 Å². The highest BCUT2D eigenvalue weighted by Gasteiger charge is 2.07. The van der Waals surface area contributed by atoms with Gasteiger partial charge in [0.25, 0.3) is 5.91 Å². The molecule has 1 aromatic heterocycles. The summed E-state index contributed by atoms with van der Waals surface area (Å²) in [6.07, 6.45) is 0. The SMILES string of the molecule is Nc1ccc(OCCNC(=O)c2ccc(Br)s2)cc1. The van der Waals surface area contributed by atoms with Crippen LogP contribution in [0.4, 0.5) is 5.69 Å². The fraction of sp³-hybridized carbons (Fsp3) is 0.154. The van der Waals surface area contributed by atoms with E-state index in [2.05, 4.69) is 21.2 Å². The van der Waals surface area contributed by atoms with E-state index >= 15 is 0 Å². The van der Waals surface area contributed by atoms with Crippen LogP contribution in [-0.2, 0) is 0 Å². The van der Waals surface area contributed by atoms with E-state index < -0.39 is 0 Å². The van der Waals surface area contributed by atoms with E-state index in [9.17, 15) is 4.79 Å². The van der Waals surface area contributed by atoms with Gasteiger partial charge in [0.1, 0.15) is 12.4 Å². The molecule has 2 aromatic rings. The quantitative estimate of drug-likeness (QED) is 0.649. The molecule has 3 N–H and O–H groups in total. The minimum absolute atomic E-state index is 0.0865. The third-order valence-electron chi connectivity index (χ3n) is 2.33. The van der Waals surface area contributed by atoms with Gasteiger partial charge in [-0.1, -0.05) is 0 Å². The minimum atomic E-state index is -0.0865. The van der Waals surface area contributed by atoms with E-state index in [4.69, 9.17) is 10.5 Å². The minimum Gasteiger partial charge on any atom is -0.492 e. The average molecular weight is 341 g/mol. The number of carbonyl (C=O) groups is 1. The number of carbonyl (C=O) groups excluding carboxylic acids is 1. The van der Waals surface area contributed by atoms with Crippen LogP contribution in [0.25, 0.3) is 0 Å². The van der Waals surface area contributed by atoms with Crippen LogP contribution in [0, 0.1) is 0 Å². The number of ether oxygens (including phenoxy) is 1. The van der Waals surface area contributed by atoms with E-state index in [1.807, 2.05) is 6.07 Å². The van der Waals surface area contributed by atoms with Gasteiger partial charge < -0.3 is 15.8 Å². The van der Waals surface area contributed by atoms with Gasteiger partial charge in [-0.25, -0.2) is 0 Å². The second-order valence-corrected chi connectivity index (χ2v) is 6.24. The molecule has 0 aliphatic rings. The maximum Gasteiger partial charge on any atom is 0.261 e. The van der Waals surface area contributed by atoms with Crippen LogP contribution in [-0.4, -0.2) is 19.1 Å². The predicted octanol–water partition coefficient (Wildman–Crippen LogP) is 2.90. The number of anilines is 1. The number of hydrogen-bond donors (Lipinski definition) is 2. The third kappa shape index (κ3) is 4.25. The summed E-state index contributed by atoms with van der Waals surface area (Å²) < 4.78 is 6.42. The molecule has 4 nitrogen and oxygen atoms in total. The number of rotatable bonds is 5. The summed E-state index contributed by atoms with van der Waals surface area (Å²) in [5.74, 6) is 0.652. The van der Waals surface area contributed by atoms with Crippen molar-refractivity contribution < 1.29 is 9.53 Å². The Balaban J connectivity index is 1.72. The van der Waals surface area contributed by atoms with E-state index in [1.165, 1.54) is 11.3 Å². The maximum absolute atomic E-state index is 11.7. The van der Waals surface area contributed by atoms with Gasteiger partial charge >= 0.3 is 0 Å². The summed E-state index contributed by atoms with van der Waals surface area (Å²) in [4.78, 5) is 12.4. The lowest BCUT2D eigenvalue weighted by molar-refractivity contribution is 0.0951. The van der Waals surface area contributed by atoms with Gasteiger partial charge in [-0.05, 0) is 52.3 Å². The summed E-state index contributed by atoms with van der Waals surface area (Å²) >= 11 is 4.72. The van der Waals surface area contributed by atoms with Crippen molar-refractivity contribution in [3.05, 3.63) is 45.1 Å². The van der Waals surface area contributed by atoms with Crippen LogP contribution in [0.15, 0.2) is 40.2 Å². The Morgan fingerprint density at radius 2 is 2.00 bits per heavy atom. The number of hydrogen-bond acceptors (Lipinski definition) is 4. The topological polar surface area (TPSA) is 64.3 Å². The Morgan fingerprint density at radius 1 is 1.26 bits per heavy atom. The molecule has 100 valence electrons. The molecule has 0 saturated heterocycles. The zero-order valence-electron chi connectivity index (χ0n) is 10.1. The molecule has 2 rings (SSSR count). The molecule has 6 heteroatoms. The molecule has 0 fully saturated rings. The Kier molecular flexibility index (Phi) is 4.81. The molecule has 0 bridgehead atoms. The van der Waals surface area contributed by atoms with Crippen molar-refractivity contribution in [2.75, 3.05) is 18.9 Å². The molecule has 0 atom stereocenters. The Labute approximate surface area is 123 Å². The van der Waals surface area contributed by atoms with Crippen LogP contribution < -0.4 is 15.8 Å². The van der Waals surface area contributed by atoms with Crippen molar-refractivity contribution in [1.82, 2.24) is 5.32 Å². The first-order chi connectivity index (χ1) is 9.15. The monoisotopic (exact) mass is 340 g/mol. The number of thiophene rings is 1. The number of nitrogens with one attached hydrogen (secondary N) is 1. The van der Waals surface area contributed by atoms with E-state index in [0.29, 0.717) is 23.7 Å². The zero-order valence-corrected chi connectivity index (χ0v) is 12.5. The molecule has 0 aliphatic heterocycles. The first-order valence-corrected chi connectivity index (χ1v) is 7.28. The third-order valence-corrected chi connectivity index (χ3v) is 3.96. The normalized spacial score (nSPS) is 10.2. The lowest BCUT2D eigenvalue weighted by atomic mass is 10.3. The number of nitrogen functional groups attached to an aromatic ring is 1. The van der Waals surface area contributed by atoms with Gasteiger partial charge in [-0.2, -0.15) is 0 Å². The van der Waals surface area contributed by atoms with Gasteiger partial charge in [0.15, 0.2) is 0 Å². The molecule has 0 saturated carbocycles. The number of amides is 1. The molecule has 1 amide bonds. The molecule has 0 aliphatic carbocycles. The molecule has 1 heterocycles.